The number of nitrogens with one attached hydrogen (secondary N) is 1. The fourth-order valence-electron chi connectivity index (χ4n) is 2.72. The van der Waals surface area contributed by atoms with E-state index in [0.717, 1.165) is 11.1 Å². The molecule has 1 fully saturated rings. The molecule has 0 unspecified atom stereocenters. The van der Waals surface area contributed by atoms with Gasteiger partial charge in [0.1, 0.15) is 0 Å². The average Bonchev–Trinajstić information content (AvgIpc) is 2.49. The van der Waals surface area contributed by atoms with E-state index in [1.54, 1.807) is 12.1 Å². The minimum absolute atomic E-state index is 0.0181. The zero-order chi connectivity index (χ0) is 17.9. The first-order valence-corrected chi connectivity index (χ1v) is 9.73. The Bertz CT molecular complexity index is 693. The van der Waals surface area contributed by atoms with Crippen molar-refractivity contribution in [2.45, 2.75) is 38.6 Å². The summed E-state index contributed by atoms with van der Waals surface area (Å²) in [6, 6.07) is 5.35. The topological polar surface area (TPSA) is 69.7 Å². The van der Waals surface area contributed by atoms with Crippen molar-refractivity contribution < 1.29 is 13.2 Å². The highest BCUT2D eigenvalue weighted by atomic mass is 32.2. The van der Waals surface area contributed by atoms with Crippen molar-refractivity contribution in [2.24, 2.45) is 0 Å². The summed E-state index contributed by atoms with van der Waals surface area (Å²) in [5.41, 5.74) is 2.05. The number of piperazine rings is 1. The molecule has 0 aliphatic carbocycles. The van der Waals surface area contributed by atoms with Gasteiger partial charge < -0.3 is 5.32 Å². The number of sulfonamides is 1. The molecule has 0 aromatic heterocycles. The van der Waals surface area contributed by atoms with Gasteiger partial charge in [-0.15, -0.1) is 0 Å². The van der Waals surface area contributed by atoms with Crippen LogP contribution in [0.5, 0.6) is 0 Å². The molecule has 0 bridgehead atoms. The first-order valence-electron chi connectivity index (χ1n) is 8.29. The molecule has 0 spiro atoms. The van der Waals surface area contributed by atoms with E-state index in [4.69, 9.17) is 0 Å². The number of nitrogens with zero attached hydrogens (tertiary/aromatic N) is 2. The van der Waals surface area contributed by atoms with E-state index in [0.29, 0.717) is 37.6 Å². The second-order valence-corrected chi connectivity index (χ2v) is 8.59. The molecule has 134 valence electrons. The molecular weight excluding hydrogens is 326 g/mol. The predicted molar refractivity (Wildman–Crippen MR) is 94.4 cm³/mol. The fourth-order valence-corrected chi connectivity index (χ4v) is 4.23. The van der Waals surface area contributed by atoms with E-state index in [-0.39, 0.29) is 11.9 Å². The molecule has 1 saturated heterocycles. The van der Waals surface area contributed by atoms with Crippen LogP contribution < -0.4 is 5.32 Å². The van der Waals surface area contributed by atoms with Gasteiger partial charge in [-0.25, -0.2) is 8.42 Å². The van der Waals surface area contributed by atoms with Crippen molar-refractivity contribution in [1.82, 2.24) is 14.5 Å². The number of carbonyl (C=O) groups excluding carboxylic acids is 1. The van der Waals surface area contributed by atoms with Gasteiger partial charge in [-0.05, 0) is 51.0 Å². The summed E-state index contributed by atoms with van der Waals surface area (Å²) in [7, 11) is -3.47. The number of aryl methyl sites for hydroxylation is 2. The van der Waals surface area contributed by atoms with Crippen molar-refractivity contribution in [2.75, 3.05) is 32.7 Å². The third-order valence-corrected chi connectivity index (χ3v) is 6.16. The van der Waals surface area contributed by atoms with Gasteiger partial charge in [0, 0.05) is 32.2 Å². The third kappa shape index (κ3) is 4.55. The van der Waals surface area contributed by atoms with Gasteiger partial charge in [-0.2, -0.15) is 4.31 Å². The van der Waals surface area contributed by atoms with Crippen LogP contribution in [0.1, 0.15) is 25.0 Å². The Kier molecular flexibility index (Phi) is 6.01. The predicted octanol–water partition coefficient (Wildman–Crippen LogP) is 1.13. The number of rotatable bonds is 5. The van der Waals surface area contributed by atoms with Crippen LogP contribution >= 0.6 is 0 Å². The van der Waals surface area contributed by atoms with Crippen molar-refractivity contribution in [3.8, 4) is 0 Å². The van der Waals surface area contributed by atoms with Crippen LogP contribution in [-0.4, -0.2) is 62.3 Å². The fraction of sp³-hybridized carbons (Fsp3) is 0.588. The first kappa shape index (κ1) is 18.9. The summed E-state index contributed by atoms with van der Waals surface area (Å²) in [4.78, 5) is 14.1. The number of hydrogen-bond donors (Lipinski definition) is 1. The lowest BCUT2D eigenvalue weighted by Gasteiger charge is -2.33. The zero-order valence-corrected chi connectivity index (χ0v) is 15.7. The highest BCUT2D eigenvalue weighted by Gasteiger charge is 2.29. The van der Waals surface area contributed by atoms with Gasteiger partial charge in [0.15, 0.2) is 0 Å². The Morgan fingerprint density at radius 2 is 1.75 bits per heavy atom. The summed E-state index contributed by atoms with van der Waals surface area (Å²) in [5, 5.41) is 2.86. The lowest BCUT2D eigenvalue weighted by Crippen LogP contribution is -2.51. The van der Waals surface area contributed by atoms with Crippen LogP contribution in [0, 0.1) is 13.8 Å². The molecule has 1 N–H and O–H groups in total. The van der Waals surface area contributed by atoms with Crippen LogP contribution in [0.15, 0.2) is 23.1 Å². The van der Waals surface area contributed by atoms with E-state index in [1.165, 1.54) is 4.31 Å². The molecule has 1 aromatic rings. The summed E-state index contributed by atoms with van der Waals surface area (Å²) >= 11 is 0. The van der Waals surface area contributed by atoms with Crippen molar-refractivity contribution in [3.63, 3.8) is 0 Å². The Hall–Kier alpha value is -1.44. The van der Waals surface area contributed by atoms with Crippen LogP contribution in [0.3, 0.4) is 0 Å². The maximum Gasteiger partial charge on any atom is 0.243 e. The number of hydrogen-bond acceptors (Lipinski definition) is 4. The Labute approximate surface area is 144 Å². The number of benzene rings is 1. The number of amides is 1. The van der Waals surface area contributed by atoms with E-state index in [2.05, 4.69) is 5.32 Å². The Balaban J connectivity index is 1.98. The smallest absolute Gasteiger partial charge is 0.243 e. The van der Waals surface area contributed by atoms with Gasteiger partial charge >= 0.3 is 0 Å². The van der Waals surface area contributed by atoms with Gasteiger partial charge in [0.25, 0.3) is 0 Å². The molecule has 0 atom stereocenters. The van der Waals surface area contributed by atoms with E-state index < -0.39 is 10.0 Å². The molecule has 1 aliphatic rings. The second-order valence-electron chi connectivity index (χ2n) is 6.65. The maximum absolute atomic E-state index is 12.8. The van der Waals surface area contributed by atoms with E-state index in [1.807, 2.05) is 38.7 Å². The molecule has 1 heterocycles. The van der Waals surface area contributed by atoms with E-state index in [9.17, 15) is 13.2 Å². The molecule has 1 aromatic carbocycles. The van der Waals surface area contributed by atoms with Crippen molar-refractivity contribution >= 4 is 15.9 Å². The minimum atomic E-state index is -3.47. The number of carbonyl (C=O) groups is 1. The quantitative estimate of drug-likeness (QED) is 0.862. The molecule has 1 aliphatic heterocycles. The highest BCUT2D eigenvalue weighted by Crippen LogP contribution is 2.20. The van der Waals surface area contributed by atoms with Gasteiger partial charge in [-0.1, -0.05) is 6.07 Å². The third-order valence-electron chi connectivity index (χ3n) is 4.26. The molecule has 0 saturated carbocycles. The normalized spacial score (nSPS) is 17.2. The summed E-state index contributed by atoms with van der Waals surface area (Å²) in [5.74, 6) is -0.0181. The van der Waals surface area contributed by atoms with Gasteiger partial charge in [0.2, 0.25) is 15.9 Å². The van der Waals surface area contributed by atoms with Crippen LogP contribution in [0.25, 0.3) is 0 Å². The SMILES string of the molecule is Cc1ccc(S(=O)(=O)N2CCN(CC(=O)NC(C)C)CC2)cc1C. The Morgan fingerprint density at radius 3 is 2.29 bits per heavy atom. The maximum atomic E-state index is 12.8. The van der Waals surface area contributed by atoms with Gasteiger partial charge in [0.05, 0.1) is 11.4 Å². The zero-order valence-electron chi connectivity index (χ0n) is 14.9. The molecule has 7 heteroatoms. The highest BCUT2D eigenvalue weighted by molar-refractivity contribution is 7.89. The Morgan fingerprint density at radius 1 is 1.12 bits per heavy atom. The minimum Gasteiger partial charge on any atom is -0.353 e. The molecule has 1 amide bonds. The molecule has 24 heavy (non-hydrogen) atoms. The summed E-state index contributed by atoms with van der Waals surface area (Å²) in [6.45, 7) is 9.99. The average molecular weight is 353 g/mol. The molecule has 6 nitrogen and oxygen atoms in total. The lowest BCUT2D eigenvalue weighted by atomic mass is 10.1. The largest absolute Gasteiger partial charge is 0.353 e. The standard InChI is InChI=1S/C17H27N3O3S/c1-13(2)18-17(21)12-19-7-9-20(10-8-19)24(22,23)16-6-5-14(3)15(4)11-16/h5-6,11,13H,7-10,12H2,1-4H3,(H,18,21). The molecule has 0 radical (unpaired) electrons. The van der Waals surface area contributed by atoms with Crippen LogP contribution in [0.4, 0.5) is 0 Å². The van der Waals surface area contributed by atoms with E-state index >= 15 is 0 Å². The van der Waals surface area contributed by atoms with Gasteiger partial charge in [-0.3, -0.25) is 9.69 Å². The summed E-state index contributed by atoms with van der Waals surface area (Å²) in [6.07, 6.45) is 0. The molecular formula is C17H27N3O3S. The molecule has 2 rings (SSSR count). The second kappa shape index (κ2) is 7.63. The van der Waals surface area contributed by atoms with Crippen LogP contribution in [-0.2, 0) is 14.8 Å². The first-order chi connectivity index (χ1) is 11.2. The monoisotopic (exact) mass is 353 g/mol. The van der Waals surface area contributed by atoms with Crippen LogP contribution in [0.2, 0.25) is 0 Å². The lowest BCUT2D eigenvalue weighted by molar-refractivity contribution is -0.123. The summed E-state index contributed by atoms with van der Waals surface area (Å²) < 4.78 is 27.0. The van der Waals surface area contributed by atoms with Crippen molar-refractivity contribution in [1.29, 1.82) is 0 Å². The van der Waals surface area contributed by atoms with Crippen molar-refractivity contribution in [3.05, 3.63) is 29.3 Å².